The lowest BCUT2D eigenvalue weighted by molar-refractivity contribution is -0.140. The topological polar surface area (TPSA) is 57.6 Å². The van der Waals surface area contributed by atoms with Gasteiger partial charge in [-0.05, 0) is 18.2 Å². The molecular formula is C13H11F4NO3. The lowest BCUT2D eigenvalue weighted by Crippen LogP contribution is -2.50. The second-order valence-corrected chi connectivity index (χ2v) is 4.87. The highest BCUT2D eigenvalue weighted by Crippen LogP contribution is 2.32. The minimum atomic E-state index is -4.87. The van der Waals surface area contributed by atoms with Crippen LogP contribution in [-0.4, -0.2) is 35.0 Å². The monoisotopic (exact) mass is 305 g/mol. The number of carbonyl (C=O) groups is 2. The van der Waals surface area contributed by atoms with Crippen molar-refractivity contribution in [2.45, 2.75) is 12.6 Å². The Morgan fingerprint density at radius 1 is 1.29 bits per heavy atom. The van der Waals surface area contributed by atoms with Gasteiger partial charge in [0, 0.05) is 24.6 Å². The van der Waals surface area contributed by atoms with Crippen molar-refractivity contribution in [2.75, 3.05) is 13.1 Å². The number of alkyl halides is 3. The van der Waals surface area contributed by atoms with Gasteiger partial charge in [-0.3, -0.25) is 9.59 Å². The van der Waals surface area contributed by atoms with E-state index in [1.54, 1.807) is 0 Å². The zero-order valence-electron chi connectivity index (χ0n) is 10.7. The summed E-state index contributed by atoms with van der Waals surface area (Å²) in [4.78, 5) is 23.6. The molecule has 1 aliphatic rings. The summed E-state index contributed by atoms with van der Waals surface area (Å²) in [7, 11) is 0. The molecule has 0 unspecified atom stereocenters. The molecule has 0 bridgehead atoms. The molecule has 1 heterocycles. The Kier molecular flexibility index (Phi) is 3.89. The Balaban J connectivity index is 2.10. The first-order valence-electron chi connectivity index (χ1n) is 6.06. The van der Waals surface area contributed by atoms with E-state index in [-0.39, 0.29) is 31.0 Å². The molecule has 8 heteroatoms. The standard InChI is InChI=1S/C13H11F4NO3/c14-10-2-1-8(4-9(10)13(15,16)17)12(21)18-5-7(6-18)3-11(19)20/h1-2,4,7H,3,5-6H2,(H,19,20). The maximum atomic E-state index is 13.1. The minimum Gasteiger partial charge on any atom is -0.481 e. The molecule has 0 aromatic heterocycles. The summed E-state index contributed by atoms with van der Waals surface area (Å²) in [6.45, 7) is 0.341. The van der Waals surface area contributed by atoms with Crippen molar-refractivity contribution in [2.24, 2.45) is 5.92 Å². The third-order valence-electron chi connectivity index (χ3n) is 3.23. The average Bonchev–Trinajstić information content (AvgIpc) is 2.31. The Morgan fingerprint density at radius 2 is 1.90 bits per heavy atom. The Bertz CT molecular complexity index is 579. The number of hydrogen-bond donors (Lipinski definition) is 1. The van der Waals surface area contributed by atoms with Crippen LogP contribution in [0, 0.1) is 11.7 Å². The predicted molar refractivity (Wildman–Crippen MR) is 63.0 cm³/mol. The summed E-state index contributed by atoms with van der Waals surface area (Å²) in [6, 6.07) is 2.06. The van der Waals surface area contributed by atoms with E-state index in [0.29, 0.717) is 12.1 Å². The molecule has 0 atom stereocenters. The van der Waals surface area contributed by atoms with Gasteiger partial charge in [0.05, 0.1) is 12.0 Å². The highest BCUT2D eigenvalue weighted by molar-refractivity contribution is 5.95. The Labute approximate surface area is 117 Å². The molecule has 0 spiro atoms. The van der Waals surface area contributed by atoms with Gasteiger partial charge >= 0.3 is 12.1 Å². The van der Waals surface area contributed by atoms with Gasteiger partial charge in [0.15, 0.2) is 0 Å². The second-order valence-electron chi connectivity index (χ2n) is 4.87. The molecule has 1 saturated heterocycles. The molecule has 1 fully saturated rings. The van der Waals surface area contributed by atoms with Crippen molar-refractivity contribution in [3.05, 3.63) is 35.1 Å². The third-order valence-corrected chi connectivity index (χ3v) is 3.23. The normalized spacial score (nSPS) is 15.7. The molecule has 0 saturated carbocycles. The van der Waals surface area contributed by atoms with Gasteiger partial charge in [-0.15, -0.1) is 0 Å². The second kappa shape index (κ2) is 5.34. The number of rotatable bonds is 3. The zero-order chi connectivity index (χ0) is 15.8. The van der Waals surface area contributed by atoms with Gasteiger partial charge in [0.1, 0.15) is 5.82 Å². The van der Waals surface area contributed by atoms with E-state index in [0.717, 1.165) is 6.07 Å². The Morgan fingerprint density at radius 3 is 2.43 bits per heavy atom. The lowest BCUT2D eigenvalue weighted by atomic mass is 9.95. The van der Waals surface area contributed by atoms with Crippen LogP contribution in [0.3, 0.4) is 0 Å². The van der Waals surface area contributed by atoms with Crippen LogP contribution in [0.2, 0.25) is 0 Å². The molecular weight excluding hydrogens is 294 g/mol. The smallest absolute Gasteiger partial charge is 0.419 e. The maximum Gasteiger partial charge on any atom is 0.419 e. The summed E-state index contributed by atoms with van der Waals surface area (Å²) in [5, 5.41) is 8.58. The predicted octanol–water partition coefficient (Wildman–Crippen LogP) is 2.39. The molecule has 21 heavy (non-hydrogen) atoms. The third kappa shape index (κ3) is 3.32. The number of carbonyl (C=O) groups excluding carboxylic acids is 1. The van der Waals surface area contributed by atoms with Gasteiger partial charge in [-0.25, -0.2) is 4.39 Å². The van der Waals surface area contributed by atoms with Gasteiger partial charge in [-0.2, -0.15) is 13.2 Å². The van der Waals surface area contributed by atoms with Crippen molar-refractivity contribution in [3.63, 3.8) is 0 Å². The quantitative estimate of drug-likeness (QED) is 0.872. The summed E-state index contributed by atoms with van der Waals surface area (Å²) in [5.41, 5.74) is -1.76. The van der Waals surface area contributed by atoms with Crippen molar-refractivity contribution in [1.29, 1.82) is 0 Å². The fourth-order valence-electron chi connectivity index (χ4n) is 2.17. The number of carboxylic acid groups (broad SMARTS) is 1. The SMILES string of the molecule is O=C(O)CC1CN(C(=O)c2ccc(F)c(C(F)(F)F)c2)C1. The molecule has 1 aromatic carbocycles. The summed E-state index contributed by atoms with van der Waals surface area (Å²) in [6.07, 6.45) is -4.97. The fraction of sp³-hybridized carbons (Fsp3) is 0.385. The van der Waals surface area contributed by atoms with E-state index in [9.17, 15) is 27.2 Å². The summed E-state index contributed by atoms with van der Waals surface area (Å²) >= 11 is 0. The van der Waals surface area contributed by atoms with Crippen LogP contribution in [-0.2, 0) is 11.0 Å². The number of benzene rings is 1. The Hall–Kier alpha value is -2.12. The number of hydrogen-bond acceptors (Lipinski definition) is 2. The number of aliphatic carboxylic acids is 1. The number of amides is 1. The summed E-state index contributed by atoms with van der Waals surface area (Å²) < 4.78 is 50.8. The van der Waals surface area contributed by atoms with Crippen molar-refractivity contribution < 1.29 is 32.3 Å². The number of halogens is 4. The van der Waals surface area contributed by atoms with Crippen LogP contribution >= 0.6 is 0 Å². The van der Waals surface area contributed by atoms with E-state index in [1.165, 1.54) is 4.90 Å². The van der Waals surface area contributed by atoms with Crippen LogP contribution in [0.5, 0.6) is 0 Å². The largest absolute Gasteiger partial charge is 0.481 e. The molecule has 0 radical (unpaired) electrons. The maximum absolute atomic E-state index is 13.1. The van der Waals surface area contributed by atoms with Crippen LogP contribution in [0.15, 0.2) is 18.2 Å². The minimum absolute atomic E-state index is 0.0962. The highest BCUT2D eigenvalue weighted by Gasteiger charge is 2.36. The molecule has 2 rings (SSSR count). The fourth-order valence-corrected chi connectivity index (χ4v) is 2.17. The van der Waals surface area contributed by atoms with Crippen LogP contribution in [0.1, 0.15) is 22.3 Å². The lowest BCUT2D eigenvalue weighted by Gasteiger charge is -2.38. The first kappa shape index (κ1) is 15.3. The molecule has 0 aliphatic carbocycles. The van der Waals surface area contributed by atoms with Gasteiger partial charge in [-0.1, -0.05) is 0 Å². The van der Waals surface area contributed by atoms with Crippen LogP contribution in [0.4, 0.5) is 17.6 Å². The van der Waals surface area contributed by atoms with Crippen molar-refractivity contribution >= 4 is 11.9 Å². The van der Waals surface area contributed by atoms with E-state index in [1.807, 2.05) is 0 Å². The van der Waals surface area contributed by atoms with E-state index in [2.05, 4.69) is 0 Å². The van der Waals surface area contributed by atoms with Gasteiger partial charge < -0.3 is 10.0 Å². The number of carboxylic acids is 1. The molecule has 1 aliphatic heterocycles. The molecule has 1 aromatic rings. The number of likely N-dealkylation sites (tertiary alicyclic amines) is 1. The van der Waals surface area contributed by atoms with Gasteiger partial charge in [0.25, 0.3) is 5.91 Å². The summed E-state index contributed by atoms with van der Waals surface area (Å²) in [5.74, 6) is -3.30. The first-order valence-corrected chi connectivity index (χ1v) is 6.06. The van der Waals surface area contributed by atoms with Crippen LogP contribution < -0.4 is 0 Å². The van der Waals surface area contributed by atoms with Crippen molar-refractivity contribution in [3.8, 4) is 0 Å². The van der Waals surface area contributed by atoms with E-state index in [4.69, 9.17) is 5.11 Å². The van der Waals surface area contributed by atoms with E-state index < -0.39 is 29.4 Å². The van der Waals surface area contributed by atoms with Gasteiger partial charge in [0.2, 0.25) is 0 Å². The molecule has 114 valence electrons. The molecule has 1 amide bonds. The highest BCUT2D eigenvalue weighted by atomic mass is 19.4. The zero-order valence-corrected chi connectivity index (χ0v) is 10.7. The average molecular weight is 305 g/mol. The number of nitrogens with zero attached hydrogens (tertiary/aromatic N) is 1. The molecule has 1 N–H and O–H groups in total. The van der Waals surface area contributed by atoms with Crippen molar-refractivity contribution in [1.82, 2.24) is 4.90 Å². The van der Waals surface area contributed by atoms with E-state index >= 15 is 0 Å². The molecule has 4 nitrogen and oxygen atoms in total. The van der Waals surface area contributed by atoms with Crippen LogP contribution in [0.25, 0.3) is 0 Å². The first-order chi connectivity index (χ1) is 9.68.